The molecule has 2 rings (SSSR count). The van der Waals surface area contributed by atoms with Crippen LogP contribution in [0.1, 0.15) is 16.7 Å². The molecule has 0 aliphatic carbocycles. The highest BCUT2D eigenvalue weighted by Gasteiger charge is 2.38. The Morgan fingerprint density at radius 3 is 2.48 bits per heavy atom. The lowest BCUT2D eigenvalue weighted by molar-refractivity contribution is -0.133. The quantitative estimate of drug-likeness (QED) is 0.246. The normalized spacial score (nSPS) is 12.4. The van der Waals surface area contributed by atoms with Gasteiger partial charge in [-0.25, -0.2) is 4.79 Å². The molecule has 6 nitrogen and oxygen atoms in total. The third-order valence-electron chi connectivity index (χ3n) is 3.71. The van der Waals surface area contributed by atoms with Gasteiger partial charge in [0, 0.05) is 11.1 Å². The van der Waals surface area contributed by atoms with Crippen molar-refractivity contribution in [1.82, 2.24) is 0 Å². The Hall–Kier alpha value is -3.49. The number of phenolic OH excluding ortho intramolecular Hbond substituents is 1. The molecule has 154 valence electrons. The van der Waals surface area contributed by atoms with Crippen molar-refractivity contribution >= 4 is 17.3 Å². The minimum Gasteiger partial charge on any atom is -0.508 e. The summed E-state index contributed by atoms with van der Waals surface area (Å²) in [5.74, 6) is -1.02. The largest absolute Gasteiger partial charge is 0.508 e. The zero-order chi connectivity index (χ0) is 21.4. The van der Waals surface area contributed by atoms with Crippen molar-refractivity contribution in [3.8, 4) is 5.75 Å². The van der Waals surface area contributed by atoms with Crippen LogP contribution in [0.3, 0.4) is 0 Å². The summed E-state index contributed by atoms with van der Waals surface area (Å²) >= 11 is 0. The second kappa shape index (κ2) is 9.63. The number of hydrogen-bond donors (Lipinski definition) is 1. The van der Waals surface area contributed by atoms with Crippen LogP contribution in [0.15, 0.2) is 59.9 Å². The molecule has 0 spiro atoms. The summed E-state index contributed by atoms with van der Waals surface area (Å²) < 4.78 is 49.6. The van der Waals surface area contributed by atoms with Crippen LogP contribution in [0, 0.1) is 0 Å². The predicted molar refractivity (Wildman–Crippen MR) is 98.9 cm³/mol. The Bertz CT molecular complexity index is 922. The number of phenols is 1. The number of aromatic hydroxyl groups is 1. The molecule has 0 unspecified atom stereocenters. The number of oxime groups is 1. The summed E-state index contributed by atoms with van der Waals surface area (Å²) in [5.41, 5.74) is -0.821. The van der Waals surface area contributed by atoms with E-state index in [4.69, 9.17) is 14.3 Å². The molecule has 9 heteroatoms. The Kier molecular flexibility index (Phi) is 7.24. The van der Waals surface area contributed by atoms with E-state index >= 15 is 0 Å². The van der Waals surface area contributed by atoms with Crippen LogP contribution >= 0.6 is 0 Å². The van der Waals surface area contributed by atoms with Crippen LogP contribution in [0.5, 0.6) is 5.75 Å². The average Bonchev–Trinajstić information content (AvgIpc) is 2.68. The van der Waals surface area contributed by atoms with Crippen molar-refractivity contribution in [3.05, 3.63) is 71.5 Å². The maximum Gasteiger partial charge on any atom is 0.437 e. The second-order valence-electron chi connectivity index (χ2n) is 5.68. The van der Waals surface area contributed by atoms with Crippen LogP contribution in [0.4, 0.5) is 13.2 Å². The number of nitrogens with zero attached hydrogens (tertiary/aromatic N) is 1. The Morgan fingerprint density at radius 2 is 1.86 bits per heavy atom. The highest BCUT2D eigenvalue weighted by Crippen LogP contribution is 2.26. The number of methoxy groups -OCH3 is 2. The Morgan fingerprint density at radius 1 is 1.14 bits per heavy atom. The summed E-state index contributed by atoms with van der Waals surface area (Å²) in [4.78, 5) is 16.9. The van der Waals surface area contributed by atoms with Gasteiger partial charge in [-0.1, -0.05) is 41.6 Å². The lowest BCUT2D eigenvalue weighted by Gasteiger charge is -2.13. The molecule has 0 saturated carbocycles. The first-order valence-electron chi connectivity index (χ1n) is 8.24. The maximum absolute atomic E-state index is 13.3. The van der Waals surface area contributed by atoms with Gasteiger partial charge in [-0.05, 0) is 17.7 Å². The standard InChI is InChI=1S/C20H18F3NO5/c1-27-12-17(19(26)28-2)16-9-4-3-6-14(16)11-29-24-18(20(21,22)23)13-7-5-8-15(25)10-13/h3-10,12,25H,11H2,1-2H3/b17-12+,24-18-. The minimum absolute atomic E-state index is 0.0715. The average molecular weight is 409 g/mol. The van der Waals surface area contributed by atoms with Gasteiger partial charge in [-0.2, -0.15) is 13.2 Å². The number of hydrogen-bond acceptors (Lipinski definition) is 6. The van der Waals surface area contributed by atoms with Gasteiger partial charge in [0.1, 0.15) is 17.9 Å². The number of rotatable bonds is 7. The first-order valence-corrected chi connectivity index (χ1v) is 8.24. The topological polar surface area (TPSA) is 77.4 Å². The zero-order valence-electron chi connectivity index (χ0n) is 15.6. The molecule has 29 heavy (non-hydrogen) atoms. The summed E-state index contributed by atoms with van der Waals surface area (Å²) in [5, 5.41) is 12.7. The monoisotopic (exact) mass is 409 g/mol. The van der Waals surface area contributed by atoms with Gasteiger partial charge in [0.05, 0.1) is 20.5 Å². The molecule has 0 fully saturated rings. The second-order valence-corrected chi connectivity index (χ2v) is 5.68. The summed E-state index contributed by atoms with van der Waals surface area (Å²) in [6.45, 7) is -0.355. The molecule has 0 heterocycles. The zero-order valence-corrected chi connectivity index (χ0v) is 15.6. The summed E-state index contributed by atoms with van der Waals surface area (Å²) in [6.07, 6.45) is -3.64. The van der Waals surface area contributed by atoms with Crippen molar-refractivity contribution in [2.75, 3.05) is 14.2 Å². The molecular weight excluding hydrogens is 391 g/mol. The number of halogens is 3. The van der Waals surface area contributed by atoms with Crippen LogP contribution in [-0.4, -0.2) is 37.2 Å². The van der Waals surface area contributed by atoms with Gasteiger partial charge in [0.2, 0.25) is 0 Å². The van der Waals surface area contributed by atoms with Crippen molar-refractivity contribution in [2.24, 2.45) is 5.16 Å². The van der Waals surface area contributed by atoms with E-state index in [1.807, 2.05) is 0 Å². The minimum atomic E-state index is -4.81. The first kappa shape index (κ1) is 21.8. The van der Waals surface area contributed by atoms with Crippen LogP contribution in [-0.2, 0) is 25.7 Å². The van der Waals surface area contributed by atoms with Crippen molar-refractivity contribution in [3.63, 3.8) is 0 Å². The number of ether oxygens (including phenoxy) is 2. The number of carbonyl (C=O) groups is 1. The molecule has 2 aromatic rings. The molecule has 1 N–H and O–H groups in total. The number of esters is 1. The van der Waals surface area contributed by atoms with E-state index in [9.17, 15) is 23.1 Å². The molecule has 0 aromatic heterocycles. The van der Waals surface area contributed by atoms with Crippen LogP contribution in [0.2, 0.25) is 0 Å². The van der Waals surface area contributed by atoms with Gasteiger partial charge in [-0.15, -0.1) is 0 Å². The third-order valence-corrected chi connectivity index (χ3v) is 3.71. The van der Waals surface area contributed by atoms with E-state index in [2.05, 4.69) is 5.16 Å². The molecule has 0 bridgehead atoms. The highest BCUT2D eigenvalue weighted by molar-refractivity contribution is 6.16. The van der Waals surface area contributed by atoms with Crippen LogP contribution in [0.25, 0.3) is 5.57 Å². The molecule has 2 aromatic carbocycles. The van der Waals surface area contributed by atoms with Crippen LogP contribution < -0.4 is 0 Å². The van der Waals surface area contributed by atoms with Gasteiger partial charge in [-0.3, -0.25) is 0 Å². The number of carbonyl (C=O) groups excluding carboxylic acids is 1. The fourth-order valence-corrected chi connectivity index (χ4v) is 2.45. The SMILES string of the molecule is CO/C=C(/C(=O)OC)c1ccccc1CO/N=C(/c1cccc(O)c1)C(F)(F)F. The van der Waals surface area contributed by atoms with E-state index < -0.39 is 17.9 Å². The molecule has 0 radical (unpaired) electrons. The van der Waals surface area contributed by atoms with Gasteiger partial charge < -0.3 is 19.4 Å². The molecule has 0 atom stereocenters. The molecule has 0 amide bonds. The maximum atomic E-state index is 13.3. The lowest BCUT2D eigenvalue weighted by Crippen LogP contribution is -2.24. The van der Waals surface area contributed by atoms with E-state index in [0.29, 0.717) is 11.1 Å². The van der Waals surface area contributed by atoms with E-state index in [1.54, 1.807) is 24.3 Å². The summed E-state index contributed by atoms with van der Waals surface area (Å²) in [6, 6.07) is 11.0. The molecular formula is C20H18F3NO5. The highest BCUT2D eigenvalue weighted by atomic mass is 19.4. The first-order chi connectivity index (χ1) is 13.8. The summed E-state index contributed by atoms with van der Waals surface area (Å²) in [7, 11) is 2.54. The van der Waals surface area contributed by atoms with Crippen molar-refractivity contribution < 1.29 is 37.4 Å². The van der Waals surface area contributed by atoms with Crippen molar-refractivity contribution in [1.29, 1.82) is 0 Å². The van der Waals surface area contributed by atoms with Gasteiger partial charge in [0.15, 0.2) is 5.71 Å². The third kappa shape index (κ3) is 5.74. The van der Waals surface area contributed by atoms with E-state index in [1.165, 1.54) is 32.6 Å². The fraction of sp³-hybridized carbons (Fsp3) is 0.200. The molecule has 0 saturated heterocycles. The van der Waals surface area contributed by atoms with E-state index in [0.717, 1.165) is 12.1 Å². The molecule has 0 aliphatic heterocycles. The van der Waals surface area contributed by atoms with Gasteiger partial charge >= 0.3 is 12.1 Å². The molecule has 0 aliphatic rings. The Balaban J connectivity index is 2.33. The Labute approximate surface area is 164 Å². The predicted octanol–water partition coefficient (Wildman–Crippen LogP) is 4.04. The van der Waals surface area contributed by atoms with Crippen molar-refractivity contribution in [2.45, 2.75) is 12.8 Å². The number of alkyl halides is 3. The smallest absolute Gasteiger partial charge is 0.437 e. The fourth-order valence-electron chi connectivity index (χ4n) is 2.45. The van der Waals surface area contributed by atoms with Gasteiger partial charge in [0.25, 0.3) is 0 Å². The lowest BCUT2D eigenvalue weighted by atomic mass is 10.0. The number of benzene rings is 2. The van der Waals surface area contributed by atoms with E-state index in [-0.39, 0.29) is 23.5 Å².